The molecule has 2 rings (SSSR count). The lowest BCUT2D eigenvalue weighted by molar-refractivity contribution is 0.313. The van der Waals surface area contributed by atoms with Crippen LogP contribution >= 0.6 is 0 Å². The fraction of sp³-hybridized carbons (Fsp3) is 0.857. The van der Waals surface area contributed by atoms with Gasteiger partial charge in [0.25, 0.3) is 5.95 Å². The lowest BCUT2D eigenvalue weighted by Gasteiger charge is -2.24. The van der Waals surface area contributed by atoms with E-state index in [1.807, 2.05) is 0 Å². The molecule has 0 saturated carbocycles. The molecule has 0 amide bonds. The molecule has 0 radical (unpaired) electrons. The molecule has 0 bridgehead atoms. The van der Waals surface area contributed by atoms with Crippen molar-refractivity contribution in [2.24, 2.45) is 11.1 Å². The number of nitrogens with zero attached hydrogens (tertiary/aromatic N) is 3. The van der Waals surface area contributed by atoms with Gasteiger partial charge in [0.15, 0.2) is 0 Å². The fourth-order valence-electron chi connectivity index (χ4n) is 2.63. The van der Waals surface area contributed by atoms with E-state index in [9.17, 15) is 0 Å². The van der Waals surface area contributed by atoms with Crippen LogP contribution < -0.4 is 10.6 Å². The van der Waals surface area contributed by atoms with Gasteiger partial charge in [0, 0.05) is 25.6 Å². The van der Waals surface area contributed by atoms with Gasteiger partial charge in [-0.05, 0) is 36.3 Å². The van der Waals surface area contributed by atoms with E-state index in [0.717, 1.165) is 25.5 Å². The van der Waals surface area contributed by atoms with Crippen LogP contribution in [0, 0.1) is 5.41 Å². The molecule has 1 saturated heterocycles. The van der Waals surface area contributed by atoms with Crippen molar-refractivity contribution in [3.8, 4) is 0 Å². The first-order valence-electron chi connectivity index (χ1n) is 7.27. The van der Waals surface area contributed by atoms with Crippen molar-refractivity contribution in [3.63, 3.8) is 0 Å². The number of anilines is 1. The van der Waals surface area contributed by atoms with E-state index in [-0.39, 0.29) is 11.5 Å². The molecule has 1 unspecified atom stereocenters. The Kier molecular flexibility index (Phi) is 4.45. The zero-order valence-corrected chi connectivity index (χ0v) is 12.4. The van der Waals surface area contributed by atoms with Crippen LogP contribution in [-0.2, 0) is 6.42 Å². The van der Waals surface area contributed by atoms with Gasteiger partial charge in [0.05, 0.1) is 0 Å². The smallest absolute Gasteiger partial charge is 0.266 e. The molecular formula is C14H26N4O. The molecule has 0 aliphatic carbocycles. The SMILES string of the molecule is CC(C)(C)CC(N)Cc1nc(N2CCCCC2)no1. The fourth-order valence-corrected chi connectivity index (χ4v) is 2.63. The quantitative estimate of drug-likeness (QED) is 0.906. The molecule has 0 spiro atoms. The van der Waals surface area contributed by atoms with Gasteiger partial charge in [0.1, 0.15) is 0 Å². The van der Waals surface area contributed by atoms with E-state index in [0.29, 0.717) is 12.3 Å². The largest absolute Gasteiger partial charge is 0.338 e. The van der Waals surface area contributed by atoms with Crippen LogP contribution in [-0.4, -0.2) is 29.3 Å². The molecule has 0 aromatic carbocycles. The summed E-state index contributed by atoms with van der Waals surface area (Å²) in [6.45, 7) is 8.65. The highest BCUT2D eigenvalue weighted by Crippen LogP contribution is 2.22. The van der Waals surface area contributed by atoms with E-state index in [1.165, 1.54) is 19.3 Å². The van der Waals surface area contributed by atoms with Gasteiger partial charge >= 0.3 is 0 Å². The average molecular weight is 266 g/mol. The van der Waals surface area contributed by atoms with Crippen LogP contribution in [0.2, 0.25) is 0 Å². The molecular weight excluding hydrogens is 240 g/mol. The van der Waals surface area contributed by atoms with Crippen molar-refractivity contribution in [3.05, 3.63) is 5.89 Å². The normalized spacial score (nSPS) is 18.6. The molecule has 2 N–H and O–H groups in total. The lowest BCUT2D eigenvalue weighted by Crippen LogP contribution is -2.30. The van der Waals surface area contributed by atoms with Crippen LogP contribution in [0.5, 0.6) is 0 Å². The monoisotopic (exact) mass is 266 g/mol. The van der Waals surface area contributed by atoms with Crippen LogP contribution in [0.4, 0.5) is 5.95 Å². The van der Waals surface area contributed by atoms with Gasteiger partial charge in [-0.15, -0.1) is 0 Å². The van der Waals surface area contributed by atoms with Crippen molar-refractivity contribution < 1.29 is 4.52 Å². The molecule has 5 heteroatoms. The van der Waals surface area contributed by atoms with Gasteiger partial charge in [-0.1, -0.05) is 20.8 Å². The minimum atomic E-state index is 0.0784. The number of rotatable bonds is 4. The van der Waals surface area contributed by atoms with Crippen LogP contribution in [0.15, 0.2) is 4.52 Å². The summed E-state index contributed by atoms with van der Waals surface area (Å²) in [7, 11) is 0. The average Bonchev–Trinajstić information content (AvgIpc) is 2.76. The summed E-state index contributed by atoms with van der Waals surface area (Å²) in [6.07, 6.45) is 5.35. The van der Waals surface area contributed by atoms with Crippen molar-refractivity contribution in [2.75, 3.05) is 18.0 Å². The number of piperidine rings is 1. The highest BCUT2D eigenvalue weighted by molar-refractivity contribution is 5.28. The Bertz CT molecular complexity index is 390. The van der Waals surface area contributed by atoms with Crippen molar-refractivity contribution in [1.29, 1.82) is 0 Å². The van der Waals surface area contributed by atoms with Gasteiger partial charge in [-0.3, -0.25) is 0 Å². The molecule has 2 heterocycles. The Morgan fingerprint density at radius 2 is 1.95 bits per heavy atom. The summed E-state index contributed by atoms with van der Waals surface area (Å²) in [4.78, 5) is 6.67. The third-order valence-corrected chi connectivity index (χ3v) is 3.41. The van der Waals surface area contributed by atoms with Crippen LogP contribution in [0.25, 0.3) is 0 Å². The number of hydrogen-bond acceptors (Lipinski definition) is 5. The minimum Gasteiger partial charge on any atom is -0.338 e. The second-order valence-electron chi connectivity index (χ2n) is 6.76. The summed E-state index contributed by atoms with van der Waals surface area (Å²) in [5.41, 5.74) is 6.37. The maximum absolute atomic E-state index is 6.14. The topological polar surface area (TPSA) is 68.2 Å². The first-order valence-corrected chi connectivity index (χ1v) is 7.27. The van der Waals surface area contributed by atoms with E-state index in [4.69, 9.17) is 10.3 Å². The molecule has 1 fully saturated rings. The standard InChI is InChI=1S/C14H26N4O/c1-14(2,3)10-11(15)9-12-16-13(17-19-12)18-7-5-4-6-8-18/h11H,4-10,15H2,1-3H3. The molecule has 1 atom stereocenters. The Morgan fingerprint density at radius 3 is 2.58 bits per heavy atom. The third-order valence-electron chi connectivity index (χ3n) is 3.41. The predicted molar refractivity (Wildman–Crippen MR) is 76.1 cm³/mol. The highest BCUT2D eigenvalue weighted by Gasteiger charge is 2.20. The van der Waals surface area contributed by atoms with E-state index in [1.54, 1.807) is 0 Å². The first kappa shape index (κ1) is 14.3. The van der Waals surface area contributed by atoms with E-state index >= 15 is 0 Å². The Hall–Kier alpha value is -1.10. The molecule has 1 aromatic heterocycles. The number of nitrogens with two attached hydrogens (primary N) is 1. The molecule has 108 valence electrons. The maximum atomic E-state index is 6.14. The first-order chi connectivity index (χ1) is 8.94. The van der Waals surface area contributed by atoms with E-state index in [2.05, 4.69) is 35.8 Å². The van der Waals surface area contributed by atoms with Crippen LogP contribution in [0.3, 0.4) is 0 Å². The Labute approximate surface area is 115 Å². The second-order valence-corrected chi connectivity index (χ2v) is 6.76. The van der Waals surface area contributed by atoms with Crippen molar-refractivity contribution in [1.82, 2.24) is 10.1 Å². The molecule has 19 heavy (non-hydrogen) atoms. The summed E-state index contributed by atoms with van der Waals surface area (Å²) in [5, 5.41) is 4.07. The predicted octanol–water partition coefficient (Wildman–Crippen LogP) is 2.37. The highest BCUT2D eigenvalue weighted by atomic mass is 16.5. The molecule has 1 aliphatic heterocycles. The van der Waals surface area contributed by atoms with Gasteiger partial charge in [-0.2, -0.15) is 4.98 Å². The van der Waals surface area contributed by atoms with Gasteiger partial charge in [-0.25, -0.2) is 0 Å². The minimum absolute atomic E-state index is 0.0784. The maximum Gasteiger partial charge on any atom is 0.266 e. The van der Waals surface area contributed by atoms with Crippen LogP contribution in [0.1, 0.15) is 52.3 Å². The molecule has 5 nitrogen and oxygen atoms in total. The molecule has 1 aliphatic rings. The lowest BCUT2D eigenvalue weighted by atomic mass is 9.87. The zero-order valence-electron chi connectivity index (χ0n) is 12.4. The number of hydrogen-bond donors (Lipinski definition) is 1. The third kappa shape index (κ3) is 4.49. The summed E-state index contributed by atoms with van der Waals surface area (Å²) < 4.78 is 5.32. The summed E-state index contributed by atoms with van der Waals surface area (Å²) in [5.74, 6) is 1.40. The zero-order chi connectivity index (χ0) is 13.9. The van der Waals surface area contributed by atoms with Gasteiger partial charge < -0.3 is 15.2 Å². The van der Waals surface area contributed by atoms with Crippen molar-refractivity contribution >= 4 is 5.95 Å². The summed E-state index contributed by atoms with van der Waals surface area (Å²) >= 11 is 0. The Morgan fingerprint density at radius 1 is 1.26 bits per heavy atom. The number of aromatic nitrogens is 2. The summed E-state index contributed by atoms with van der Waals surface area (Å²) in [6, 6.07) is 0.0784. The van der Waals surface area contributed by atoms with E-state index < -0.39 is 0 Å². The van der Waals surface area contributed by atoms with Crippen molar-refractivity contribution in [2.45, 2.75) is 58.9 Å². The van der Waals surface area contributed by atoms with Gasteiger partial charge in [0.2, 0.25) is 5.89 Å². The molecule has 1 aromatic rings. The Balaban J connectivity index is 1.89. The second kappa shape index (κ2) is 5.90.